The highest BCUT2D eigenvalue weighted by molar-refractivity contribution is 9.13. The molecule has 0 radical (unpaired) electrons. The first-order chi connectivity index (χ1) is 7.97. The van der Waals surface area contributed by atoms with Gasteiger partial charge in [-0.15, -0.1) is 11.3 Å². The van der Waals surface area contributed by atoms with Gasteiger partial charge in [0.15, 0.2) is 0 Å². The molecule has 0 atom stereocenters. The van der Waals surface area contributed by atoms with Gasteiger partial charge in [0.25, 0.3) is 5.91 Å². The van der Waals surface area contributed by atoms with E-state index < -0.39 is 0 Å². The summed E-state index contributed by atoms with van der Waals surface area (Å²) in [5, 5.41) is 6.99. The van der Waals surface area contributed by atoms with Crippen LogP contribution in [0.15, 0.2) is 20.4 Å². The van der Waals surface area contributed by atoms with Gasteiger partial charge >= 0.3 is 0 Å². The summed E-state index contributed by atoms with van der Waals surface area (Å²) < 4.78 is 3.43. The van der Waals surface area contributed by atoms with Crippen LogP contribution < -0.4 is 5.32 Å². The maximum atomic E-state index is 12.0. The average Bonchev–Trinajstić information content (AvgIpc) is 2.72. The largest absolute Gasteiger partial charge is 0.306 e. The van der Waals surface area contributed by atoms with Crippen LogP contribution in [0, 0.1) is 6.92 Å². The second kappa shape index (κ2) is 4.91. The third kappa shape index (κ3) is 2.78. The number of hydrogen-bond acceptors (Lipinski definition) is 3. The van der Waals surface area contributed by atoms with Crippen molar-refractivity contribution in [1.29, 1.82) is 0 Å². The number of aryl methyl sites for hydroxylation is 2. The van der Waals surface area contributed by atoms with Crippen molar-refractivity contribution < 1.29 is 4.79 Å². The number of nitrogens with zero attached hydrogens (tertiary/aromatic N) is 2. The van der Waals surface area contributed by atoms with Crippen LogP contribution in [0.25, 0.3) is 0 Å². The summed E-state index contributed by atoms with van der Waals surface area (Å²) in [4.78, 5) is 12.6. The van der Waals surface area contributed by atoms with E-state index in [0.29, 0.717) is 10.7 Å². The molecule has 90 valence electrons. The van der Waals surface area contributed by atoms with E-state index in [1.165, 1.54) is 11.3 Å². The molecule has 2 aromatic rings. The Kier molecular flexibility index (Phi) is 3.70. The van der Waals surface area contributed by atoms with Crippen LogP contribution in [-0.4, -0.2) is 15.7 Å². The van der Waals surface area contributed by atoms with Gasteiger partial charge in [0.05, 0.1) is 14.4 Å². The number of rotatable bonds is 2. The van der Waals surface area contributed by atoms with E-state index in [9.17, 15) is 4.79 Å². The van der Waals surface area contributed by atoms with Gasteiger partial charge < -0.3 is 5.32 Å². The molecular weight excluding hydrogens is 370 g/mol. The molecule has 7 heteroatoms. The van der Waals surface area contributed by atoms with Gasteiger partial charge in [0.2, 0.25) is 0 Å². The zero-order chi connectivity index (χ0) is 12.6. The molecule has 4 nitrogen and oxygen atoms in total. The number of anilines is 1. The number of halogens is 2. The summed E-state index contributed by atoms with van der Waals surface area (Å²) in [6.07, 6.45) is 0. The Morgan fingerprint density at radius 3 is 2.65 bits per heavy atom. The van der Waals surface area contributed by atoms with Crippen LogP contribution in [0.1, 0.15) is 15.4 Å². The van der Waals surface area contributed by atoms with Crippen molar-refractivity contribution in [1.82, 2.24) is 9.78 Å². The number of aromatic nitrogens is 2. The zero-order valence-corrected chi connectivity index (χ0v) is 13.1. The summed E-state index contributed by atoms with van der Waals surface area (Å²) in [5.41, 5.74) is 0.872. The molecule has 0 spiro atoms. The van der Waals surface area contributed by atoms with E-state index >= 15 is 0 Å². The first-order valence-electron chi connectivity index (χ1n) is 4.74. The number of carbonyl (C=O) groups is 1. The summed E-state index contributed by atoms with van der Waals surface area (Å²) in [7, 11) is 1.79. The molecule has 0 aliphatic rings. The Hall–Kier alpha value is -0.660. The van der Waals surface area contributed by atoms with Crippen molar-refractivity contribution >= 4 is 54.9 Å². The van der Waals surface area contributed by atoms with Crippen molar-refractivity contribution in [3.8, 4) is 0 Å². The summed E-state index contributed by atoms with van der Waals surface area (Å²) >= 11 is 8.10. The van der Waals surface area contributed by atoms with E-state index in [-0.39, 0.29) is 5.91 Å². The minimum absolute atomic E-state index is 0.135. The number of hydrogen-bond donors (Lipinski definition) is 1. The predicted octanol–water partition coefficient (Wildman–Crippen LogP) is 3.57. The number of amides is 1. The van der Waals surface area contributed by atoms with Gasteiger partial charge in [-0.3, -0.25) is 9.48 Å². The van der Waals surface area contributed by atoms with Crippen LogP contribution in [0.4, 0.5) is 5.82 Å². The Balaban J connectivity index is 2.19. The van der Waals surface area contributed by atoms with Crippen LogP contribution in [-0.2, 0) is 7.05 Å². The highest BCUT2D eigenvalue weighted by atomic mass is 79.9. The van der Waals surface area contributed by atoms with Gasteiger partial charge in [-0.2, -0.15) is 5.10 Å². The average molecular weight is 379 g/mol. The van der Waals surface area contributed by atoms with Gasteiger partial charge in [0.1, 0.15) is 5.82 Å². The highest BCUT2D eigenvalue weighted by Crippen LogP contribution is 2.32. The monoisotopic (exact) mass is 377 g/mol. The van der Waals surface area contributed by atoms with Crippen LogP contribution in [0.3, 0.4) is 0 Å². The predicted molar refractivity (Wildman–Crippen MR) is 75.6 cm³/mol. The van der Waals surface area contributed by atoms with E-state index in [2.05, 4.69) is 42.3 Å². The molecule has 2 aromatic heterocycles. The first kappa shape index (κ1) is 12.8. The maximum absolute atomic E-state index is 12.0. The number of thiophene rings is 1. The molecule has 0 aliphatic heterocycles. The van der Waals surface area contributed by atoms with Gasteiger partial charge in [-0.05, 0) is 44.8 Å². The summed E-state index contributed by atoms with van der Waals surface area (Å²) in [6.45, 7) is 1.88. The van der Waals surface area contributed by atoms with Gasteiger partial charge in [-0.25, -0.2) is 0 Å². The molecule has 2 heterocycles. The fourth-order valence-electron chi connectivity index (χ4n) is 1.36. The van der Waals surface area contributed by atoms with E-state index in [0.717, 1.165) is 14.0 Å². The second-order valence-corrected chi connectivity index (χ2v) is 6.71. The zero-order valence-electron chi connectivity index (χ0n) is 9.12. The third-order valence-electron chi connectivity index (χ3n) is 2.11. The maximum Gasteiger partial charge on any atom is 0.266 e. The molecule has 0 saturated carbocycles. The van der Waals surface area contributed by atoms with Crippen LogP contribution in [0.2, 0.25) is 0 Å². The fraction of sp³-hybridized carbons (Fsp3) is 0.200. The van der Waals surface area contributed by atoms with E-state index in [1.807, 2.05) is 13.0 Å². The molecule has 0 aliphatic carbocycles. The molecule has 0 aromatic carbocycles. The Morgan fingerprint density at radius 1 is 1.47 bits per heavy atom. The van der Waals surface area contributed by atoms with Crippen molar-refractivity contribution in [2.24, 2.45) is 7.05 Å². The van der Waals surface area contributed by atoms with Crippen LogP contribution in [0.5, 0.6) is 0 Å². The van der Waals surface area contributed by atoms with Crippen molar-refractivity contribution in [3.05, 3.63) is 31.0 Å². The highest BCUT2D eigenvalue weighted by Gasteiger charge is 2.13. The molecule has 17 heavy (non-hydrogen) atoms. The van der Waals surface area contributed by atoms with E-state index in [1.54, 1.807) is 17.8 Å². The lowest BCUT2D eigenvalue weighted by Crippen LogP contribution is -2.13. The standard InChI is InChI=1S/C10H9Br2N3OS/c1-5-3-8(15(2)14-5)13-10(16)7-4-6(11)9(12)17-7/h3-4H,1-2H3,(H,13,16). The van der Waals surface area contributed by atoms with Gasteiger partial charge in [-0.1, -0.05) is 0 Å². The third-order valence-corrected chi connectivity index (χ3v) is 5.37. The first-order valence-corrected chi connectivity index (χ1v) is 7.14. The molecule has 1 amide bonds. The Morgan fingerprint density at radius 2 is 2.18 bits per heavy atom. The molecule has 0 fully saturated rings. The molecule has 0 unspecified atom stereocenters. The molecule has 0 bridgehead atoms. The number of carbonyl (C=O) groups excluding carboxylic acids is 1. The van der Waals surface area contributed by atoms with Crippen molar-refractivity contribution in [2.75, 3.05) is 5.32 Å². The molecule has 2 rings (SSSR count). The topological polar surface area (TPSA) is 46.9 Å². The van der Waals surface area contributed by atoms with Crippen LogP contribution >= 0.6 is 43.2 Å². The lowest BCUT2D eigenvalue weighted by atomic mass is 10.4. The quantitative estimate of drug-likeness (QED) is 0.868. The SMILES string of the molecule is Cc1cc(NC(=O)c2cc(Br)c(Br)s2)n(C)n1. The van der Waals surface area contributed by atoms with Crippen molar-refractivity contribution in [2.45, 2.75) is 6.92 Å². The van der Waals surface area contributed by atoms with E-state index in [4.69, 9.17) is 0 Å². The lowest BCUT2D eigenvalue weighted by molar-refractivity contribution is 0.102. The normalized spacial score (nSPS) is 10.6. The molecule has 0 saturated heterocycles. The molecular formula is C10H9Br2N3OS. The Bertz CT molecular complexity index is 557. The lowest BCUT2D eigenvalue weighted by Gasteiger charge is -2.02. The summed E-state index contributed by atoms with van der Waals surface area (Å²) in [6, 6.07) is 3.61. The minimum Gasteiger partial charge on any atom is -0.306 e. The molecule has 1 N–H and O–H groups in total. The van der Waals surface area contributed by atoms with Gasteiger partial charge in [0, 0.05) is 17.6 Å². The minimum atomic E-state index is -0.135. The summed E-state index contributed by atoms with van der Waals surface area (Å²) in [5.74, 6) is 0.553. The van der Waals surface area contributed by atoms with Crippen molar-refractivity contribution in [3.63, 3.8) is 0 Å². The second-order valence-electron chi connectivity index (χ2n) is 3.48. The number of nitrogens with one attached hydrogen (secondary N) is 1. The fourth-order valence-corrected chi connectivity index (χ4v) is 3.29. The Labute approximate surface area is 119 Å². The smallest absolute Gasteiger partial charge is 0.266 e.